The van der Waals surface area contributed by atoms with E-state index in [1.165, 1.54) is 5.69 Å². The molecule has 8 heteroatoms. The maximum atomic E-state index is 4.76. The molecule has 0 unspecified atom stereocenters. The van der Waals surface area contributed by atoms with Gasteiger partial charge in [0.2, 0.25) is 5.95 Å². The normalized spacial score (nSPS) is 13.5. The van der Waals surface area contributed by atoms with E-state index >= 15 is 0 Å². The number of nitrogens with zero attached hydrogens (tertiary/aromatic N) is 8. The first-order chi connectivity index (χ1) is 17.3. The second-order valence-corrected chi connectivity index (χ2v) is 8.17. The van der Waals surface area contributed by atoms with Gasteiger partial charge in [-0.1, -0.05) is 36.4 Å². The van der Waals surface area contributed by atoms with Crippen LogP contribution in [0.5, 0.6) is 0 Å². The predicted molar refractivity (Wildman–Crippen MR) is 136 cm³/mol. The highest BCUT2D eigenvalue weighted by molar-refractivity contribution is 5.79. The van der Waals surface area contributed by atoms with E-state index in [-0.39, 0.29) is 0 Å². The molecule has 0 N–H and O–H groups in total. The largest absolute Gasteiger partial charge is 0.368 e. The Morgan fingerprint density at radius 2 is 1.49 bits per heavy atom. The van der Waals surface area contributed by atoms with Gasteiger partial charge in [-0.2, -0.15) is 9.78 Å². The van der Waals surface area contributed by atoms with E-state index in [9.17, 15) is 0 Å². The summed E-state index contributed by atoms with van der Waals surface area (Å²) >= 11 is 0. The highest BCUT2D eigenvalue weighted by Gasteiger charge is 2.20. The number of para-hydroxylation sites is 2. The van der Waals surface area contributed by atoms with Crippen molar-refractivity contribution in [3.8, 4) is 23.5 Å². The van der Waals surface area contributed by atoms with Crippen molar-refractivity contribution in [1.29, 1.82) is 0 Å². The van der Waals surface area contributed by atoms with Crippen LogP contribution in [0.3, 0.4) is 0 Å². The van der Waals surface area contributed by atoms with Gasteiger partial charge in [0.05, 0.1) is 11.7 Å². The van der Waals surface area contributed by atoms with Crippen molar-refractivity contribution < 1.29 is 0 Å². The van der Waals surface area contributed by atoms with Gasteiger partial charge in [-0.25, -0.2) is 19.9 Å². The van der Waals surface area contributed by atoms with Crippen LogP contribution in [-0.4, -0.2) is 55.9 Å². The molecule has 2 aromatic carbocycles. The molecule has 0 aliphatic carbocycles. The monoisotopic (exact) mass is 458 g/mol. The van der Waals surface area contributed by atoms with Gasteiger partial charge >= 0.3 is 0 Å². The van der Waals surface area contributed by atoms with Crippen molar-refractivity contribution in [1.82, 2.24) is 29.7 Å². The van der Waals surface area contributed by atoms with E-state index < -0.39 is 0 Å². The third-order valence-electron chi connectivity index (χ3n) is 5.98. The summed E-state index contributed by atoms with van der Waals surface area (Å²) in [4.78, 5) is 22.9. The highest BCUT2D eigenvalue weighted by Crippen LogP contribution is 2.20. The lowest BCUT2D eigenvalue weighted by atomic mass is 10.2. The van der Waals surface area contributed by atoms with E-state index in [2.05, 4.69) is 66.1 Å². The molecule has 0 atom stereocenters. The first kappa shape index (κ1) is 20.8. The molecule has 5 aromatic rings. The molecule has 1 aliphatic heterocycles. The number of anilines is 2. The van der Waals surface area contributed by atoms with Crippen LogP contribution in [0, 0.1) is 12.0 Å². The average molecular weight is 459 g/mol. The lowest BCUT2D eigenvalue weighted by molar-refractivity contribution is 0.640. The summed E-state index contributed by atoms with van der Waals surface area (Å²) in [5.41, 5.74) is 3.48. The number of piperazine rings is 1. The molecule has 35 heavy (non-hydrogen) atoms. The minimum Gasteiger partial charge on any atom is -0.368 e. The van der Waals surface area contributed by atoms with Crippen molar-refractivity contribution >= 4 is 22.5 Å². The van der Waals surface area contributed by atoms with Crippen LogP contribution in [0.4, 0.5) is 11.6 Å². The van der Waals surface area contributed by atoms with Crippen molar-refractivity contribution in [3.63, 3.8) is 0 Å². The number of aromatic nitrogens is 6. The Morgan fingerprint density at radius 1 is 0.714 bits per heavy atom. The fourth-order valence-corrected chi connectivity index (χ4v) is 4.15. The maximum Gasteiger partial charge on any atom is 0.226 e. The molecule has 8 nitrogen and oxygen atoms in total. The molecule has 6 rings (SSSR count). The number of rotatable bonds is 3. The van der Waals surface area contributed by atoms with Gasteiger partial charge in [0.15, 0.2) is 5.82 Å². The minimum atomic E-state index is 0.522. The molecule has 0 spiro atoms. The Kier molecular flexibility index (Phi) is 5.49. The maximum absolute atomic E-state index is 4.76. The molecule has 1 aliphatic rings. The smallest absolute Gasteiger partial charge is 0.226 e. The standard InChI is InChI=1S/C27H22N8/c1-2-7-23(8-3-1)33-16-18-34(19-17-33)27-29-14-11-24(32-27)26-28-13-10-22(31-26)12-15-35-25-9-5-4-6-21(25)20-30-35/h1-11,13-14,20H,16-19H2. The molecule has 3 aromatic heterocycles. The number of benzene rings is 2. The van der Waals surface area contributed by atoms with Gasteiger partial charge in [0.1, 0.15) is 11.4 Å². The van der Waals surface area contributed by atoms with E-state index in [1.54, 1.807) is 29.3 Å². The number of fused-ring (bicyclic) bond motifs is 1. The molecule has 0 bridgehead atoms. The second kappa shape index (κ2) is 9.23. The van der Waals surface area contributed by atoms with Crippen LogP contribution in [0.2, 0.25) is 0 Å². The van der Waals surface area contributed by atoms with Gasteiger partial charge in [-0.05, 0) is 36.3 Å². The molecule has 1 saturated heterocycles. The molecule has 0 amide bonds. The van der Waals surface area contributed by atoms with Crippen LogP contribution in [-0.2, 0) is 0 Å². The van der Waals surface area contributed by atoms with Gasteiger partial charge in [0, 0.05) is 55.7 Å². The molecule has 4 heterocycles. The van der Waals surface area contributed by atoms with Gasteiger partial charge in [-0.3, -0.25) is 0 Å². The number of hydrogen-bond donors (Lipinski definition) is 0. The van der Waals surface area contributed by atoms with Crippen LogP contribution >= 0.6 is 0 Å². The topological polar surface area (TPSA) is 75.9 Å². The van der Waals surface area contributed by atoms with Crippen molar-refractivity contribution in [2.45, 2.75) is 0 Å². The fourth-order valence-electron chi connectivity index (χ4n) is 4.15. The lowest BCUT2D eigenvalue weighted by Gasteiger charge is -2.36. The van der Waals surface area contributed by atoms with E-state index in [1.807, 2.05) is 36.4 Å². The van der Waals surface area contributed by atoms with Crippen LogP contribution in [0.1, 0.15) is 5.69 Å². The summed E-state index contributed by atoms with van der Waals surface area (Å²) in [6.07, 6.45) is 5.27. The Hall–Kier alpha value is -4.77. The molecular weight excluding hydrogens is 436 g/mol. The molecule has 0 saturated carbocycles. The van der Waals surface area contributed by atoms with E-state index in [4.69, 9.17) is 4.98 Å². The Labute approximate surface area is 202 Å². The summed E-state index contributed by atoms with van der Waals surface area (Å²) in [5, 5.41) is 5.39. The summed E-state index contributed by atoms with van der Waals surface area (Å²) in [5.74, 6) is 4.30. The first-order valence-corrected chi connectivity index (χ1v) is 11.5. The Balaban J connectivity index is 1.20. The average Bonchev–Trinajstić information content (AvgIpc) is 3.36. The van der Waals surface area contributed by atoms with Gasteiger partial charge in [0.25, 0.3) is 0 Å². The summed E-state index contributed by atoms with van der Waals surface area (Å²) in [6.45, 7) is 3.54. The predicted octanol–water partition coefficient (Wildman–Crippen LogP) is 3.47. The summed E-state index contributed by atoms with van der Waals surface area (Å²) in [7, 11) is 0. The molecular formula is C27H22N8. The zero-order valence-electron chi connectivity index (χ0n) is 19.0. The van der Waals surface area contributed by atoms with Gasteiger partial charge in [-0.15, -0.1) is 0 Å². The van der Waals surface area contributed by atoms with E-state index in [0.29, 0.717) is 23.2 Å². The summed E-state index contributed by atoms with van der Waals surface area (Å²) < 4.78 is 1.66. The minimum absolute atomic E-state index is 0.522. The Morgan fingerprint density at radius 3 is 2.37 bits per heavy atom. The van der Waals surface area contributed by atoms with Crippen LogP contribution in [0.15, 0.2) is 85.3 Å². The molecule has 170 valence electrons. The van der Waals surface area contributed by atoms with Crippen LogP contribution < -0.4 is 9.80 Å². The number of hydrogen-bond acceptors (Lipinski definition) is 7. The summed E-state index contributed by atoms with van der Waals surface area (Å²) in [6, 6.07) is 25.1. The van der Waals surface area contributed by atoms with Gasteiger partial charge < -0.3 is 9.80 Å². The van der Waals surface area contributed by atoms with Crippen molar-refractivity contribution in [3.05, 3.63) is 91.0 Å². The van der Waals surface area contributed by atoms with Crippen molar-refractivity contribution in [2.24, 2.45) is 0 Å². The quantitative estimate of drug-likeness (QED) is 0.383. The highest BCUT2D eigenvalue weighted by atomic mass is 15.3. The third kappa shape index (κ3) is 4.39. The molecule has 1 fully saturated rings. The SMILES string of the molecule is C(#Cn1ncc2ccccc21)c1ccnc(-c2ccnc(N3CCN(c4ccccc4)CC3)n2)n1. The first-order valence-electron chi connectivity index (χ1n) is 11.5. The third-order valence-corrected chi connectivity index (χ3v) is 5.98. The lowest BCUT2D eigenvalue weighted by Crippen LogP contribution is -2.47. The zero-order chi connectivity index (χ0) is 23.5. The zero-order valence-corrected chi connectivity index (χ0v) is 19.0. The Bertz CT molecular complexity index is 1530. The van der Waals surface area contributed by atoms with Crippen molar-refractivity contribution in [2.75, 3.05) is 36.0 Å². The molecule has 0 radical (unpaired) electrons. The van der Waals surface area contributed by atoms with E-state index in [0.717, 1.165) is 37.1 Å². The fraction of sp³-hybridized carbons (Fsp3) is 0.148. The van der Waals surface area contributed by atoms with Crippen LogP contribution in [0.25, 0.3) is 22.4 Å². The second-order valence-electron chi connectivity index (χ2n) is 8.17.